The fourth-order valence-electron chi connectivity index (χ4n) is 5.90. The third-order valence-electron chi connectivity index (χ3n) is 8.14. The van der Waals surface area contributed by atoms with E-state index < -0.39 is 0 Å². The molecule has 198 valence electrons. The third kappa shape index (κ3) is 4.49. The number of nitrogens with one attached hydrogen (secondary N) is 2. The van der Waals surface area contributed by atoms with Gasteiger partial charge in [0.15, 0.2) is 11.2 Å². The van der Waals surface area contributed by atoms with Gasteiger partial charge in [-0.2, -0.15) is 5.21 Å². The number of H-pyrrole nitrogens is 2. The van der Waals surface area contributed by atoms with Crippen LogP contribution in [0.5, 0.6) is 0 Å². The van der Waals surface area contributed by atoms with Gasteiger partial charge < -0.3 is 4.57 Å². The maximum Gasteiger partial charge on any atom is 0.330 e. The summed E-state index contributed by atoms with van der Waals surface area (Å²) in [6.45, 7) is 0.988. The van der Waals surface area contributed by atoms with E-state index >= 15 is 0 Å². The van der Waals surface area contributed by atoms with Gasteiger partial charge in [-0.1, -0.05) is 67.8 Å². The van der Waals surface area contributed by atoms with E-state index in [2.05, 4.69) is 54.4 Å². The molecule has 0 saturated heterocycles. The first-order chi connectivity index (χ1) is 19.2. The van der Waals surface area contributed by atoms with Crippen molar-refractivity contribution in [2.24, 2.45) is 5.92 Å². The van der Waals surface area contributed by atoms with Gasteiger partial charge in [-0.3, -0.25) is 14.3 Å². The van der Waals surface area contributed by atoms with Gasteiger partial charge in [-0.05, 0) is 53.5 Å². The second-order valence-corrected chi connectivity index (χ2v) is 10.9. The quantitative estimate of drug-likeness (QED) is 0.329. The van der Waals surface area contributed by atoms with Crippen molar-refractivity contribution in [3.05, 3.63) is 80.8 Å². The molecule has 5 aromatic rings. The van der Waals surface area contributed by atoms with E-state index in [1.165, 1.54) is 11.0 Å². The number of tetrazole rings is 1. The van der Waals surface area contributed by atoms with Crippen molar-refractivity contribution in [2.75, 3.05) is 0 Å². The summed E-state index contributed by atoms with van der Waals surface area (Å²) in [7, 11) is 0. The van der Waals surface area contributed by atoms with Crippen LogP contribution < -0.4 is 11.2 Å². The Kier molecular flexibility index (Phi) is 5.94. The summed E-state index contributed by atoms with van der Waals surface area (Å²) >= 11 is 0. The van der Waals surface area contributed by atoms with E-state index in [9.17, 15) is 9.59 Å². The minimum atomic E-state index is -0.358. The molecular weight excluding hydrogens is 492 g/mol. The van der Waals surface area contributed by atoms with Crippen molar-refractivity contribution >= 4 is 11.2 Å². The average Bonchev–Trinajstić information content (AvgIpc) is 3.48. The molecule has 7 rings (SSSR count). The average molecular weight is 523 g/mol. The normalized spacial score (nSPS) is 16.2. The lowest BCUT2D eigenvalue weighted by molar-refractivity contribution is 0.420. The van der Waals surface area contributed by atoms with Crippen LogP contribution in [0.25, 0.3) is 33.7 Å². The largest absolute Gasteiger partial charge is 0.330 e. The molecule has 3 heterocycles. The maximum atomic E-state index is 13.7. The van der Waals surface area contributed by atoms with Crippen LogP contribution in [0.3, 0.4) is 0 Å². The highest BCUT2D eigenvalue weighted by atomic mass is 16.2. The molecule has 39 heavy (non-hydrogen) atoms. The molecular formula is C29H30N8O2. The summed E-state index contributed by atoms with van der Waals surface area (Å²) in [5, 5.41) is 14.5. The predicted molar refractivity (Wildman–Crippen MR) is 147 cm³/mol. The van der Waals surface area contributed by atoms with Gasteiger partial charge in [0.25, 0.3) is 5.56 Å². The summed E-state index contributed by atoms with van der Waals surface area (Å²) in [5.41, 5.74) is 4.33. The first-order valence-electron chi connectivity index (χ1n) is 13.8. The monoisotopic (exact) mass is 522 g/mol. The zero-order valence-electron chi connectivity index (χ0n) is 21.6. The summed E-state index contributed by atoms with van der Waals surface area (Å²) in [6, 6.07) is 16.3. The van der Waals surface area contributed by atoms with Crippen molar-refractivity contribution in [2.45, 2.75) is 64.0 Å². The predicted octanol–water partition coefficient (Wildman–Crippen LogP) is 4.24. The Hall–Kier alpha value is -4.34. The van der Waals surface area contributed by atoms with E-state index in [0.29, 0.717) is 36.0 Å². The molecule has 2 fully saturated rings. The SMILES string of the molecule is O=c1[nH]c2nc(C3CCCCC3)n(Cc3ccc(-c4ccccc4-c4nn[nH]n4)cc3)c2c(=O)n1CC1CC1. The molecule has 0 atom stereocenters. The smallest absolute Gasteiger partial charge is 0.317 e. The first kappa shape index (κ1) is 23.8. The van der Waals surface area contributed by atoms with Crippen LogP contribution in [0.15, 0.2) is 58.1 Å². The van der Waals surface area contributed by atoms with Crippen molar-refractivity contribution in [1.29, 1.82) is 0 Å². The van der Waals surface area contributed by atoms with E-state index in [4.69, 9.17) is 4.98 Å². The lowest BCUT2D eigenvalue weighted by Crippen LogP contribution is -2.36. The van der Waals surface area contributed by atoms with E-state index in [1.54, 1.807) is 0 Å². The Morgan fingerprint density at radius 1 is 0.872 bits per heavy atom. The minimum absolute atomic E-state index is 0.235. The summed E-state index contributed by atoms with van der Waals surface area (Å²) < 4.78 is 3.44. The van der Waals surface area contributed by atoms with Crippen molar-refractivity contribution < 1.29 is 0 Å². The molecule has 2 aliphatic rings. The second-order valence-electron chi connectivity index (χ2n) is 10.9. The Labute approximate surface area is 224 Å². The second kappa shape index (κ2) is 9.76. The highest BCUT2D eigenvalue weighted by Gasteiger charge is 2.28. The van der Waals surface area contributed by atoms with Crippen LogP contribution in [0.2, 0.25) is 0 Å². The molecule has 10 nitrogen and oxygen atoms in total. The Morgan fingerprint density at radius 2 is 1.64 bits per heavy atom. The number of rotatable bonds is 7. The zero-order valence-corrected chi connectivity index (χ0v) is 21.6. The molecule has 0 radical (unpaired) electrons. The van der Waals surface area contributed by atoms with Crippen LogP contribution >= 0.6 is 0 Å². The van der Waals surface area contributed by atoms with Crippen molar-refractivity contribution in [3.63, 3.8) is 0 Å². The van der Waals surface area contributed by atoms with Gasteiger partial charge in [0, 0.05) is 24.6 Å². The first-order valence-corrected chi connectivity index (χ1v) is 13.8. The van der Waals surface area contributed by atoms with Crippen molar-refractivity contribution in [3.8, 4) is 22.5 Å². The molecule has 10 heteroatoms. The molecule has 2 aliphatic carbocycles. The summed E-state index contributed by atoms with van der Waals surface area (Å²) in [4.78, 5) is 34.3. The topological polar surface area (TPSA) is 127 Å². The lowest BCUT2D eigenvalue weighted by atomic mass is 9.88. The minimum Gasteiger partial charge on any atom is -0.317 e. The number of nitrogens with zero attached hydrogens (tertiary/aromatic N) is 6. The molecule has 2 aromatic carbocycles. The Balaban J connectivity index is 1.28. The number of aromatic nitrogens is 8. The fraction of sp³-hybridized carbons (Fsp3) is 0.379. The highest BCUT2D eigenvalue weighted by molar-refractivity contribution is 5.80. The number of imidazole rings is 1. The van der Waals surface area contributed by atoms with Crippen LogP contribution in [0, 0.1) is 5.92 Å². The van der Waals surface area contributed by atoms with Gasteiger partial charge in [0.2, 0.25) is 5.82 Å². The molecule has 2 N–H and O–H groups in total. The number of benzene rings is 2. The van der Waals surface area contributed by atoms with Gasteiger partial charge in [-0.15, -0.1) is 10.2 Å². The molecule has 2 saturated carbocycles. The summed E-state index contributed by atoms with van der Waals surface area (Å²) in [6.07, 6.45) is 7.78. The van der Waals surface area contributed by atoms with Crippen LogP contribution in [0.4, 0.5) is 0 Å². The molecule has 0 spiro atoms. The standard InChI is InChI=1S/C29H30N8O2/c38-28-24-26(31-29(39)37(28)17-18-10-11-18)30-27(21-6-2-1-3-7-21)36(24)16-19-12-14-20(15-13-19)22-8-4-5-9-23(22)25-32-34-35-33-25/h4-5,8-9,12-15,18,21H,1-3,6-7,10-11,16-17H2,(H,31,39)(H,32,33,34,35). The van der Waals surface area contributed by atoms with E-state index in [-0.39, 0.29) is 17.2 Å². The molecule has 3 aromatic heterocycles. The molecule has 0 amide bonds. The Bertz CT molecular complexity index is 1740. The molecule has 0 bridgehead atoms. The van der Waals surface area contributed by atoms with Crippen molar-refractivity contribution in [1.82, 2.24) is 39.7 Å². The number of hydrogen-bond donors (Lipinski definition) is 2. The van der Waals surface area contributed by atoms with E-state index in [1.807, 2.05) is 24.3 Å². The molecule has 0 unspecified atom stereocenters. The van der Waals surface area contributed by atoms with Gasteiger partial charge in [-0.25, -0.2) is 9.78 Å². The Morgan fingerprint density at radius 3 is 2.36 bits per heavy atom. The van der Waals surface area contributed by atoms with Gasteiger partial charge in [0.05, 0.1) is 0 Å². The van der Waals surface area contributed by atoms with Gasteiger partial charge >= 0.3 is 5.69 Å². The number of hydrogen-bond acceptors (Lipinski definition) is 6. The van der Waals surface area contributed by atoms with E-state index in [0.717, 1.165) is 66.6 Å². The fourth-order valence-corrected chi connectivity index (χ4v) is 5.90. The van der Waals surface area contributed by atoms with Gasteiger partial charge in [0.1, 0.15) is 5.82 Å². The molecule has 0 aliphatic heterocycles. The number of fused-ring (bicyclic) bond motifs is 1. The maximum absolute atomic E-state index is 13.7. The lowest BCUT2D eigenvalue weighted by Gasteiger charge is -2.22. The zero-order chi connectivity index (χ0) is 26.3. The highest BCUT2D eigenvalue weighted by Crippen LogP contribution is 2.34. The van der Waals surface area contributed by atoms with Crippen LogP contribution in [0.1, 0.15) is 62.3 Å². The van der Waals surface area contributed by atoms with Crippen LogP contribution in [-0.2, 0) is 13.1 Å². The third-order valence-corrected chi connectivity index (χ3v) is 8.14. The number of aromatic amines is 2. The van der Waals surface area contributed by atoms with Crippen LogP contribution in [-0.4, -0.2) is 39.7 Å². The summed E-state index contributed by atoms with van der Waals surface area (Å²) in [5.74, 6) is 2.16.